The third-order valence-electron chi connectivity index (χ3n) is 7.20. The van der Waals surface area contributed by atoms with Crippen molar-refractivity contribution in [2.24, 2.45) is 0 Å². The number of ether oxygens (including phenoxy) is 1. The van der Waals surface area contributed by atoms with Crippen molar-refractivity contribution in [1.29, 1.82) is 0 Å². The number of hydrogen-bond acceptors (Lipinski definition) is 2. The fraction of sp³-hybridized carbons (Fsp3) is 0.0882. The molecular weight excluding hydrogens is 454 g/mol. The minimum atomic E-state index is -0.00704. The molecule has 0 bridgehead atoms. The van der Waals surface area contributed by atoms with Gasteiger partial charge >= 0.3 is 0 Å². The van der Waals surface area contributed by atoms with Gasteiger partial charge in [0.15, 0.2) is 5.78 Å². The molecule has 1 heterocycles. The molecule has 0 aliphatic heterocycles. The number of Topliss-reactive ketones (excluding diaryl/α,β-unsaturated/α-hetero) is 1. The summed E-state index contributed by atoms with van der Waals surface area (Å²) in [5.41, 5.74) is 7.30. The Morgan fingerprint density at radius 1 is 0.649 bits per heavy atom. The lowest BCUT2D eigenvalue weighted by atomic mass is 9.91. The molecule has 0 fully saturated rings. The number of rotatable bonds is 5. The molecule has 3 heteroatoms. The van der Waals surface area contributed by atoms with Gasteiger partial charge in [-0.1, -0.05) is 78.9 Å². The van der Waals surface area contributed by atoms with Gasteiger partial charge < -0.3 is 9.30 Å². The molecule has 0 radical (unpaired) electrons. The van der Waals surface area contributed by atoms with Crippen molar-refractivity contribution in [3.63, 3.8) is 0 Å². The summed E-state index contributed by atoms with van der Waals surface area (Å²) in [7, 11) is 1.61. The summed E-state index contributed by atoms with van der Waals surface area (Å²) in [6.07, 6.45) is 0. The Morgan fingerprint density at radius 2 is 1.32 bits per heavy atom. The van der Waals surface area contributed by atoms with E-state index in [-0.39, 0.29) is 5.78 Å². The van der Waals surface area contributed by atoms with Gasteiger partial charge in [0.25, 0.3) is 0 Å². The first-order chi connectivity index (χ1) is 18.1. The normalized spacial score (nSPS) is 12.2. The number of fused-ring (bicyclic) bond motifs is 4. The quantitative estimate of drug-likeness (QED) is 0.182. The molecule has 180 valence electrons. The van der Waals surface area contributed by atoms with Gasteiger partial charge in [-0.15, -0.1) is 0 Å². The molecular formula is C34H27NO2. The van der Waals surface area contributed by atoms with E-state index in [4.69, 9.17) is 4.74 Å². The standard InChI is InChI=1S/C34H27NO2/c1-22(36)34(23(2)37-3)30-17-10-15-27-26(14-9-16-28(27)30)24-19-20-33-31(21-24)29-13-7-8-18-32(29)35(33)25-11-5-4-6-12-25/h4-21H,1-3H3/b34-23+. The lowest BCUT2D eigenvalue weighted by Gasteiger charge is -2.14. The maximum absolute atomic E-state index is 12.6. The predicted octanol–water partition coefficient (Wildman–Crippen LogP) is 8.57. The average molecular weight is 482 g/mol. The van der Waals surface area contributed by atoms with Crippen molar-refractivity contribution >= 4 is 43.9 Å². The molecule has 0 amide bonds. The first-order valence-corrected chi connectivity index (χ1v) is 12.5. The summed E-state index contributed by atoms with van der Waals surface area (Å²) in [6.45, 7) is 3.44. The molecule has 6 rings (SSSR count). The van der Waals surface area contributed by atoms with Gasteiger partial charge in [-0.2, -0.15) is 0 Å². The van der Waals surface area contributed by atoms with E-state index in [0.717, 1.165) is 33.2 Å². The number of benzene rings is 5. The van der Waals surface area contributed by atoms with Crippen LogP contribution in [0.15, 0.2) is 115 Å². The molecule has 3 nitrogen and oxygen atoms in total. The first kappa shape index (κ1) is 22.8. The van der Waals surface area contributed by atoms with Crippen LogP contribution in [0.25, 0.3) is 55.0 Å². The van der Waals surface area contributed by atoms with Crippen LogP contribution in [-0.4, -0.2) is 17.5 Å². The van der Waals surface area contributed by atoms with E-state index in [2.05, 4.69) is 95.6 Å². The molecule has 0 saturated carbocycles. The van der Waals surface area contributed by atoms with Gasteiger partial charge in [0.05, 0.1) is 23.7 Å². The van der Waals surface area contributed by atoms with Crippen LogP contribution < -0.4 is 0 Å². The van der Waals surface area contributed by atoms with Crippen LogP contribution in [0.5, 0.6) is 0 Å². The number of carbonyl (C=O) groups is 1. The average Bonchev–Trinajstić information content (AvgIpc) is 3.27. The number of hydrogen-bond donors (Lipinski definition) is 0. The molecule has 0 atom stereocenters. The van der Waals surface area contributed by atoms with E-state index in [0.29, 0.717) is 11.3 Å². The van der Waals surface area contributed by atoms with Crippen LogP contribution in [0.4, 0.5) is 0 Å². The SMILES string of the molecule is CO/C(C)=C(\C(C)=O)c1cccc2c(-c3ccc4c(c3)c3ccccc3n4-c3ccccc3)cccc12. The van der Waals surface area contributed by atoms with Crippen molar-refractivity contribution in [3.8, 4) is 16.8 Å². The number of para-hydroxylation sites is 2. The van der Waals surface area contributed by atoms with Crippen molar-refractivity contribution in [1.82, 2.24) is 4.57 Å². The smallest absolute Gasteiger partial charge is 0.163 e. The van der Waals surface area contributed by atoms with E-state index >= 15 is 0 Å². The zero-order valence-corrected chi connectivity index (χ0v) is 21.2. The Kier molecular flexibility index (Phi) is 5.61. The van der Waals surface area contributed by atoms with Crippen LogP contribution in [0.2, 0.25) is 0 Å². The zero-order valence-electron chi connectivity index (χ0n) is 21.2. The largest absolute Gasteiger partial charge is 0.501 e. The van der Waals surface area contributed by atoms with Crippen molar-refractivity contribution in [2.45, 2.75) is 13.8 Å². The summed E-state index contributed by atoms with van der Waals surface area (Å²) < 4.78 is 7.80. The Hall–Kier alpha value is -4.63. The Morgan fingerprint density at radius 3 is 2.11 bits per heavy atom. The summed E-state index contributed by atoms with van der Waals surface area (Å²) in [5, 5.41) is 4.58. The van der Waals surface area contributed by atoms with Crippen LogP contribution in [-0.2, 0) is 9.53 Å². The lowest BCUT2D eigenvalue weighted by Crippen LogP contribution is -2.02. The highest BCUT2D eigenvalue weighted by Gasteiger charge is 2.17. The third kappa shape index (κ3) is 3.71. The first-order valence-electron chi connectivity index (χ1n) is 12.5. The highest BCUT2D eigenvalue weighted by molar-refractivity contribution is 6.24. The Balaban J connectivity index is 1.61. The molecule has 0 saturated heterocycles. The van der Waals surface area contributed by atoms with E-state index in [1.54, 1.807) is 14.0 Å². The van der Waals surface area contributed by atoms with Crippen LogP contribution in [0.1, 0.15) is 19.4 Å². The van der Waals surface area contributed by atoms with E-state index in [9.17, 15) is 4.79 Å². The van der Waals surface area contributed by atoms with Gasteiger partial charge in [-0.25, -0.2) is 0 Å². The number of ketones is 1. The zero-order chi connectivity index (χ0) is 25.5. The third-order valence-corrected chi connectivity index (χ3v) is 7.20. The Bertz CT molecular complexity index is 1840. The van der Waals surface area contributed by atoms with Gasteiger partial charge in [-0.05, 0) is 71.6 Å². The Labute approximate surface area is 216 Å². The van der Waals surface area contributed by atoms with Crippen LogP contribution in [0, 0.1) is 0 Å². The number of carbonyl (C=O) groups excluding carboxylic acids is 1. The summed E-state index contributed by atoms with van der Waals surface area (Å²) in [6, 6.07) is 38.2. The summed E-state index contributed by atoms with van der Waals surface area (Å²) >= 11 is 0. The maximum Gasteiger partial charge on any atom is 0.163 e. The number of methoxy groups -OCH3 is 1. The van der Waals surface area contributed by atoms with Gasteiger partial charge in [0, 0.05) is 16.5 Å². The molecule has 37 heavy (non-hydrogen) atoms. The fourth-order valence-corrected chi connectivity index (χ4v) is 5.50. The highest BCUT2D eigenvalue weighted by Crippen LogP contribution is 2.38. The van der Waals surface area contributed by atoms with Crippen molar-refractivity contribution in [3.05, 3.63) is 121 Å². The number of allylic oxidation sites excluding steroid dienone is 2. The minimum absolute atomic E-state index is 0.00704. The monoisotopic (exact) mass is 481 g/mol. The molecule has 1 aromatic heterocycles. The fourth-order valence-electron chi connectivity index (χ4n) is 5.50. The predicted molar refractivity (Wildman–Crippen MR) is 154 cm³/mol. The number of aromatic nitrogens is 1. The lowest BCUT2D eigenvalue weighted by molar-refractivity contribution is -0.111. The topological polar surface area (TPSA) is 31.2 Å². The van der Waals surface area contributed by atoms with E-state index in [1.807, 2.05) is 25.1 Å². The van der Waals surface area contributed by atoms with Crippen LogP contribution >= 0.6 is 0 Å². The molecule has 0 aliphatic carbocycles. The summed E-state index contributed by atoms with van der Waals surface area (Å²) in [5.74, 6) is 0.618. The van der Waals surface area contributed by atoms with E-state index < -0.39 is 0 Å². The molecule has 0 spiro atoms. The minimum Gasteiger partial charge on any atom is -0.501 e. The second kappa shape index (κ2) is 9.11. The molecule has 5 aromatic carbocycles. The molecule has 0 aliphatic rings. The van der Waals surface area contributed by atoms with Crippen molar-refractivity contribution < 1.29 is 9.53 Å². The molecule has 0 unspecified atom stereocenters. The molecule has 0 N–H and O–H groups in total. The van der Waals surface area contributed by atoms with Crippen LogP contribution in [0.3, 0.4) is 0 Å². The van der Waals surface area contributed by atoms with Gasteiger partial charge in [0.2, 0.25) is 0 Å². The second-order valence-corrected chi connectivity index (χ2v) is 9.32. The highest BCUT2D eigenvalue weighted by atomic mass is 16.5. The molecule has 6 aromatic rings. The maximum atomic E-state index is 12.6. The van der Waals surface area contributed by atoms with Crippen molar-refractivity contribution in [2.75, 3.05) is 7.11 Å². The summed E-state index contributed by atoms with van der Waals surface area (Å²) in [4.78, 5) is 12.6. The number of nitrogens with zero attached hydrogens (tertiary/aromatic N) is 1. The second-order valence-electron chi connectivity index (χ2n) is 9.32. The van der Waals surface area contributed by atoms with E-state index in [1.165, 1.54) is 21.8 Å². The van der Waals surface area contributed by atoms with Gasteiger partial charge in [0.1, 0.15) is 5.76 Å². The van der Waals surface area contributed by atoms with Gasteiger partial charge in [-0.3, -0.25) is 4.79 Å².